The molecule has 16 heavy (non-hydrogen) atoms. The Kier molecular flexibility index (Phi) is 4.34. The van der Waals surface area contributed by atoms with Crippen LogP contribution in [0.15, 0.2) is 18.2 Å². The van der Waals surface area contributed by atoms with E-state index in [-0.39, 0.29) is 6.54 Å². The van der Waals surface area contributed by atoms with Gasteiger partial charge < -0.3 is 5.11 Å². The minimum Gasteiger partial charge on any atom is -0.395 e. The molecule has 0 bridgehead atoms. The lowest BCUT2D eigenvalue weighted by atomic mass is 10.2. The van der Waals surface area contributed by atoms with E-state index in [4.69, 9.17) is 5.11 Å². The van der Waals surface area contributed by atoms with Gasteiger partial charge in [-0.05, 0) is 17.7 Å². The first-order chi connectivity index (χ1) is 7.44. The number of rotatable bonds is 5. The SMILES string of the molecule is O=S(=O)(CCO)NCc1ccc(F)c(F)c1. The van der Waals surface area contributed by atoms with Crippen LogP contribution >= 0.6 is 0 Å². The van der Waals surface area contributed by atoms with E-state index in [1.807, 2.05) is 0 Å². The molecule has 0 unspecified atom stereocenters. The van der Waals surface area contributed by atoms with Crippen molar-refractivity contribution in [1.82, 2.24) is 4.72 Å². The fraction of sp³-hybridized carbons (Fsp3) is 0.333. The first kappa shape index (κ1) is 13.0. The maximum absolute atomic E-state index is 12.8. The fourth-order valence-electron chi connectivity index (χ4n) is 1.04. The summed E-state index contributed by atoms with van der Waals surface area (Å²) in [5.74, 6) is -2.43. The van der Waals surface area contributed by atoms with E-state index in [1.54, 1.807) is 0 Å². The van der Waals surface area contributed by atoms with E-state index in [0.717, 1.165) is 12.1 Å². The molecule has 0 atom stereocenters. The van der Waals surface area contributed by atoms with Crippen molar-refractivity contribution < 1.29 is 22.3 Å². The highest BCUT2D eigenvalue weighted by atomic mass is 32.2. The first-order valence-electron chi connectivity index (χ1n) is 4.47. The minimum atomic E-state index is -3.57. The molecule has 0 aliphatic heterocycles. The van der Waals surface area contributed by atoms with Crippen molar-refractivity contribution in [3.8, 4) is 0 Å². The molecular weight excluding hydrogens is 240 g/mol. The van der Waals surface area contributed by atoms with E-state index in [0.29, 0.717) is 5.56 Å². The fourth-order valence-corrected chi connectivity index (χ4v) is 1.81. The van der Waals surface area contributed by atoms with Gasteiger partial charge in [0.1, 0.15) is 0 Å². The van der Waals surface area contributed by atoms with Gasteiger partial charge in [0.05, 0.1) is 12.4 Å². The van der Waals surface area contributed by atoms with Crippen molar-refractivity contribution in [2.75, 3.05) is 12.4 Å². The smallest absolute Gasteiger partial charge is 0.214 e. The van der Waals surface area contributed by atoms with Gasteiger partial charge in [-0.3, -0.25) is 0 Å². The third kappa shape index (κ3) is 3.84. The summed E-state index contributed by atoms with van der Waals surface area (Å²) in [6, 6.07) is 3.11. The lowest BCUT2D eigenvalue weighted by molar-refractivity contribution is 0.319. The Morgan fingerprint density at radius 3 is 2.50 bits per heavy atom. The number of sulfonamides is 1. The van der Waals surface area contributed by atoms with Gasteiger partial charge in [-0.25, -0.2) is 21.9 Å². The molecule has 0 heterocycles. The van der Waals surface area contributed by atoms with Crippen LogP contribution in [-0.2, 0) is 16.6 Å². The Balaban J connectivity index is 2.65. The van der Waals surface area contributed by atoms with E-state index in [2.05, 4.69) is 4.72 Å². The van der Waals surface area contributed by atoms with Crippen LogP contribution in [0.25, 0.3) is 0 Å². The molecule has 0 fully saturated rings. The summed E-state index contributed by atoms with van der Waals surface area (Å²) >= 11 is 0. The summed E-state index contributed by atoms with van der Waals surface area (Å²) in [4.78, 5) is 0. The van der Waals surface area contributed by atoms with Crippen molar-refractivity contribution in [2.24, 2.45) is 0 Å². The lowest BCUT2D eigenvalue weighted by Gasteiger charge is -2.05. The van der Waals surface area contributed by atoms with Crippen molar-refractivity contribution >= 4 is 10.0 Å². The summed E-state index contributed by atoms with van der Waals surface area (Å²) in [5.41, 5.74) is 0.306. The average molecular weight is 251 g/mol. The van der Waals surface area contributed by atoms with E-state index < -0.39 is 34.0 Å². The highest BCUT2D eigenvalue weighted by Gasteiger charge is 2.09. The quantitative estimate of drug-likeness (QED) is 0.795. The Morgan fingerprint density at radius 1 is 1.25 bits per heavy atom. The predicted octanol–water partition coefficient (Wildman–Crippen LogP) is 0.376. The van der Waals surface area contributed by atoms with Gasteiger partial charge in [0, 0.05) is 6.54 Å². The second-order valence-electron chi connectivity index (χ2n) is 3.11. The number of aliphatic hydroxyl groups excluding tert-OH is 1. The van der Waals surface area contributed by atoms with Crippen LogP contribution in [0, 0.1) is 11.6 Å². The van der Waals surface area contributed by atoms with Crippen molar-refractivity contribution in [2.45, 2.75) is 6.54 Å². The van der Waals surface area contributed by atoms with Crippen LogP contribution in [0.1, 0.15) is 5.56 Å². The Morgan fingerprint density at radius 2 is 1.94 bits per heavy atom. The Bertz CT molecular complexity index is 462. The first-order valence-corrected chi connectivity index (χ1v) is 6.12. The summed E-state index contributed by atoms with van der Waals surface area (Å²) < 4.78 is 49.7. The molecule has 0 aromatic heterocycles. The molecule has 1 aromatic rings. The number of hydrogen-bond acceptors (Lipinski definition) is 3. The van der Waals surface area contributed by atoms with E-state index >= 15 is 0 Å². The summed E-state index contributed by atoms with van der Waals surface area (Å²) in [7, 11) is -3.57. The summed E-state index contributed by atoms with van der Waals surface area (Å²) in [6.45, 7) is -0.632. The van der Waals surface area contributed by atoms with E-state index in [1.165, 1.54) is 6.07 Å². The standard InChI is InChI=1S/C9H11F2NO3S/c10-8-2-1-7(5-9(8)11)6-12-16(14,15)4-3-13/h1-2,5,12-13H,3-4,6H2. The van der Waals surface area contributed by atoms with Crippen molar-refractivity contribution in [3.63, 3.8) is 0 Å². The molecular formula is C9H11F2NO3S. The van der Waals surface area contributed by atoms with Gasteiger partial charge in [-0.1, -0.05) is 6.07 Å². The zero-order valence-corrected chi connectivity index (χ0v) is 9.10. The topological polar surface area (TPSA) is 66.4 Å². The molecule has 0 amide bonds. The molecule has 0 spiro atoms. The average Bonchev–Trinajstić information content (AvgIpc) is 2.20. The van der Waals surface area contributed by atoms with Crippen LogP contribution < -0.4 is 4.72 Å². The lowest BCUT2D eigenvalue weighted by Crippen LogP contribution is -2.27. The summed E-state index contributed by atoms with van der Waals surface area (Å²) in [5, 5.41) is 8.45. The monoisotopic (exact) mass is 251 g/mol. The minimum absolute atomic E-state index is 0.139. The van der Waals surface area contributed by atoms with Crippen LogP contribution in [0.4, 0.5) is 8.78 Å². The summed E-state index contributed by atoms with van der Waals surface area (Å²) in [6.07, 6.45) is 0. The normalized spacial score (nSPS) is 11.7. The highest BCUT2D eigenvalue weighted by Crippen LogP contribution is 2.08. The zero-order valence-electron chi connectivity index (χ0n) is 8.28. The van der Waals surface area contributed by atoms with Crippen molar-refractivity contribution in [3.05, 3.63) is 35.4 Å². The molecule has 1 rings (SSSR count). The Hall–Kier alpha value is -1.05. The number of nitrogens with one attached hydrogen (secondary N) is 1. The number of halogens is 2. The highest BCUT2D eigenvalue weighted by molar-refractivity contribution is 7.89. The largest absolute Gasteiger partial charge is 0.395 e. The molecule has 90 valence electrons. The number of benzene rings is 1. The molecule has 7 heteroatoms. The van der Waals surface area contributed by atoms with Crippen LogP contribution in [-0.4, -0.2) is 25.9 Å². The molecule has 0 radical (unpaired) electrons. The Labute approximate surface area is 92.0 Å². The van der Waals surface area contributed by atoms with Gasteiger partial charge in [-0.2, -0.15) is 0 Å². The van der Waals surface area contributed by atoms with Crippen LogP contribution in [0.3, 0.4) is 0 Å². The van der Waals surface area contributed by atoms with E-state index in [9.17, 15) is 17.2 Å². The van der Waals surface area contributed by atoms with Crippen LogP contribution in [0.5, 0.6) is 0 Å². The predicted molar refractivity (Wildman–Crippen MR) is 54.1 cm³/mol. The number of aliphatic hydroxyl groups is 1. The third-order valence-corrected chi connectivity index (χ3v) is 3.14. The molecule has 4 nitrogen and oxygen atoms in total. The maximum atomic E-state index is 12.8. The molecule has 2 N–H and O–H groups in total. The van der Waals surface area contributed by atoms with Crippen molar-refractivity contribution in [1.29, 1.82) is 0 Å². The molecule has 0 saturated carbocycles. The molecule has 0 saturated heterocycles. The van der Waals surface area contributed by atoms with Gasteiger partial charge in [-0.15, -0.1) is 0 Å². The maximum Gasteiger partial charge on any atom is 0.214 e. The molecule has 0 aliphatic rings. The molecule has 1 aromatic carbocycles. The zero-order chi connectivity index (χ0) is 12.2. The van der Waals surface area contributed by atoms with Gasteiger partial charge in [0.2, 0.25) is 10.0 Å². The van der Waals surface area contributed by atoms with Gasteiger partial charge in [0.15, 0.2) is 11.6 Å². The third-order valence-electron chi connectivity index (χ3n) is 1.84. The molecule has 0 aliphatic carbocycles. The number of hydrogen-bond donors (Lipinski definition) is 2. The van der Waals surface area contributed by atoms with Crippen LogP contribution in [0.2, 0.25) is 0 Å². The second-order valence-corrected chi connectivity index (χ2v) is 5.04. The second kappa shape index (κ2) is 5.33. The van der Waals surface area contributed by atoms with Gasteiger partial charge in [0.25, 0.3) is 0 Å². The van der Waals surface area contributed by atoms with Gasteiger partial charge >= 0.3 is 0 Å².